The Balaban J connectivity index is 1.98. The summed E-state index contributed by atoms with van der Waals surface area (Å²) in [5.41, 5.74) is 1.05. The first-order valence-electron chi connectivity index (χ1n) is 4.36. The predicted octanol–water partition coefficient (Wildman–Crippen LogP) is 1.32. The van der Waals surface area contributed by atoms with Gasteiger partial charge in [-0.2, -0.15) is 10.1 Å². The fourth-order valence-corrected chi connectivity index (χ4v) is 2.32. The lowest BCUT2D eigenvalue weighted by atomic mass is 10.4. The zero-order chi connectivity index (χ0) is 9.71. The molecule has 3 heterocycles. The van der Waals surface area contributed by atoms with Gasteiger partial charge in [-0.25, -0.2) is 9.67 Å². The zero-order valence-corrected chi connectivity index (χ0v) is 8.67. The minimum absolute atomic E-state index is 0.0879. The fourth-order valence-electron chi connectivity index (χ4n) is 1.49. The van der Waals surface area contributed by atoms with Gasteiger partial charge in [0.05, 0.1) is 0 Å². The maximum absolute atomic E-state index is 4.41. The summed E-state index contributed by atoms with van der Waals surface area (Å²) in [4.78, 5) is 8.61. The van der Waals surface area contributed by atoms with Crippen LogP contribution in [0.25, 0.3) is 0 Å². The van der Waals surface area contributed by atoms with Gasteiger partial charge in [-0.3, -0.25) is 0 Å². The molecule has 0 saturated heterocycles. The Kier molecular flexibility index (Phi) is 1.44. The number of fused-ring (bicyclic) bond motifs is 1. The van der Waals surface area contributed by atoms with Crippen LogP contribution in [0, 0.1) is 13.8 Å². The number of nitrogens with one attached hydrogen (secondary N) is 1. The molecule has 0 aliphatic carbocycles. The van der Waals surface area contributed by atoms with E-state index in [1.807, 2.05) is 23.9 Å². The number of hydrogen-bond donors (Lipinski definition) is 1. The van der Waals surface area contributed by atoms with E-state index in [0.717, 1.165) is 22.5 Å². The zero-order valence-electron chi connectivity index (χ0n) is 7.85. The number of aryl methyl sites for hydroxylation is 2. The maximum Gasteiger partial charge on any atom is 0.225 e. The molecule has 0 amide bonds. The molecular weight excluding hydrogens is 198 g/mol. The number of hydrogen-bond acceptors (Lipinski definition) is 5. The number of nitrogens with zero attached hydrogens (tertiary/aromatic N) is 4. The van der Waals surface area contributed by atoms with E-state index in [2.05, 4.69) is 20.4 Å². The summed E-state index contributed by atoms with van der Waals surface area (Å²) in [6.45, 7) is 3.88. The monoisotopic (exact) mass is 207 g/mol. The molecule has 14 heavy (non-hydrogen) atoms. The molecule has 0 spiro atoms. The quantitative estimate of drug-likeness (QED) is 0.766. The Labute approximate surface area is 84.8 Å². The lowest BCUT2D eigenvalue weighted by Gasteiger charge is -2.26. The van der Waals surface area contributed by atoms with Gasteiger partial charge in [0.1, 0.15) is 10.8 Å². The summed E-state index contributed by atoms with van der Waals surface area (Å²) in [5, 5.41) is 10.6. The van der Waals surface area contributed by atoms with E-state index >= 15 is 0 Å². The molecule has 6 heteroatoms. The second-order valence-electron chi connectivity index (χ2n) is 3.30. The van der Waals surface area contributed by atoms with E-state index in [1.54, 1.807) is 11.3 Å². The van der Waals surface area contributed by atoms with Crippen LogP contribution in [0.3, 0.4) is 0 Å². The third-order valence-corrected chi connectivity index (χ3v) is 3.13. The highest BCUT2D eigenvalue weighted by Gasteiger charge is 2.31. The topological polar surface area (TPSA) is 55.6 Å². The third-order valence-electron chi connectivity index (χ3n) is 2.12. The molecule has 0 aromatic carbocycles. The van der Waals surface area contributed by atoms with Crippen LogP contribution in [0.1, 0.15) is 22.7 Å². The van der Waals surface area contributed by atoms with Crippen molar-refractivity contribution in [2.45, 2.75) is 20.0 Å². The molecule has 0 radical (unpaired) electrons. The highest BCUT2D eigenvalue weighted by atomic mass is 32.1. The third kappa shape index (κ3) is 0.971. The molecule has 1 aliphatic rings. The van der Waals surface area contributed by atoms with Crippen molar-refractivity contribution in [2.75, 3.05) is 5.32 Å². The van der Waals surface area contributed by atoms with Crippen molar-refractivity contribution >= 4 is 17.3 Å². The number of thiazole rings is 1. The van der Waals surface area contributed by atoms with Crippen LogP contribution >= 0.6 is 11.3 Å². The van der Waals surface area contributed by atoms with Gasteiger partial charge >= 0.3 is 0 Å². The number of aromatic nitrogens is 4. The van der Waals surface area contributed by atoms with Gasteiger partial charge in [0.15, 0.2) is 6.17 Å². The Hall–Kier alpha value is -1.43. The fraction of sp³-hybridized carbons (Fsp3) is 0.375. The van der Waals surface area contributed by atoms with Crippen LogP contribution in [-0.2, 0) is 0 Å². The van der Waals surface area contributed by atoms with Crippen molar-refractivity contribution in [1.29, 1.82) is 0 Å². The summed E-state index contributed by atoms with van der Waals surface area (Å²) in [6, 6.07) is 0. The highest BCUT2D eigenvalue weighted by molar-refractivity contribution is 7.09. The van der Waals surface area contributed by atoms with E-state index in [9.17, 15) is 0 Å². The van der Waals surface area contributed by atoms with Gasteiger partial charge in [0.2, 0.25) is 5.95 Å². The van der Waals surface area contributed by atoms with Crippen LogP contribution in [0.4, 0.5) is 5.95 Å². The molecule has 0 bridgehead atoms. The minimum atomic E-state index is 0.0879. The molecule has 5 nitrogen and oxygen atoms in total. The summed E-state index contributed by atoms with van der Waals surface area (Å²) in [5.74, 6) is 1.63. The first-order chi connectivity index (χ1) is 6.74. The van der Waals surface area contributed by atoms with Gasteiger partial charge in [0, 0.05) is 11.1 Å². The van der Waals surface area contributed by atoms with Crippen molar-refractivity contribution in [3.63, 3.8) is 0 Å². The Morgan fingerprint density at radius 2 is 2.29 bits per heavy atom. The van der Waals surface area contributed by atoms with Crippen LogP contribution in [0.5, 0.6) is 0 Å². The summed E-state index contributed by atoms with van der Waals surface area (Å²) < 4.78 is 1.87. The SMILES string of the molecule is Cc1csc(C2Nc3nc(C)nn32)n1. The second kappa shape index (κ2) is 2.54. The number of rotatable bonds is 1. The van der Waals surface area contributed by atoms with E-state index in [4.69, 9.17) is 0 Å². The minimum Gasteiger partial charge on any atom is -0.327 e. The molecule has 0 fully saturated rings. The van der Waals surface area contributed by atoms with Crippen LogP contribution < -0.4 is 5.32 Å². The largest absolute Gasteiger partial charge is 0.327 e. The second-order valence-corrected chi connectivity index (χ2v) is 4.19. The van der Waals surface area contributed by atoms with Crippen molar-refractivity contribution in [1.82, 2.24) is 19.7 Å². The molecular formula is C8H9N5S. The molecule has 1 unspecified atom stereocenters. The average molecular weight is 207 g/mol. The standard InChI is InChI=1S/C8H9N5S/c1-4-3-14-7(9-4)6-11-8-10-5(2)12-13(6)8/h3,6H,1-2H3,(H,10,11,12). The van der Waals surface area contributed by atoms with Crippen molar-refractivity contribution in [2.24, 2.45) is 0 Å². The van der Waals surface area contributed by atoms with Gasteiger partial charge in [-0.1, -0.05) is 0 Å². The highest BCUT2D eigenvalue weighted by Crippen LogP contribution is 2.32. The van der Waals surface area contributed by atoms with E-state index in [1.165, 1.54) is 0 Å². The molecule has 2 aromatic heterocycles. The van der Waals surface area contributed by atoms with Crippen molar-refractivity contribution < 1.29 is 0 Å². The van der Waals surface area contributed by atoms with Crippen LogP contribution in [0.15, 0.2) is 5.38 Å². The van der Waals surface area contributed by atoms with Gasteiger partial charge in [-0.15, -0.1) is 11.3 Å². The maximum atomic E-state index is 4.41. The van der Waals surface area contributed by atoms with Gasteiger partial charge < -0.3 is 5.32 Å². The molecule has 2 aromatic rings. The van der Waals surface area contributed by atoms with Crippen LogP contribution in [-0.4, -0.2) is 19.7 Å². The van der Waals surface area contributed by atoms with E-state index in [0.29, 0.717) is 0 Å². The van der Waals surface area contributed by atoms with Gasteiger partial charge in [-0.05, 0) is 13.8 Å². The molecule has 72 valence electrons. The molecule has 1 aliphatic heterocycles. The van der Waals surface area contributed by atoms with E-state index in [-0.39, 0.29) is 6.17 Å². The Bertz CT molecular complexity index is 486. The van der Waals surface area contributed by atoms with Gasteiger partial charge in [0.25, 0.3) is 0 Å². The number of anilines is 1. The normalized spacial score (nSPS) is 18.6. The Morgan fingerprint density at radius 3 is 2.93 bits per heavy atom. The van der Waals surface area contributed by atoms with Crippen LogP contribution in [0.2, 0.25) is 0 Å². The molecule has 3 rings (SSSR count). The molecule has 1 atom stereocenters. The summed E-state index contributed by atoms with van der Waals surface area (Å²) in [6.07, 6.45) is 0.0879. The predicted molar refractivity (Wildman–Crippen MR) is 53.4 cm³/mol. The molecule has 0 saturated carbocycles. The smallest absolute Gasteiger partial charge is 0.225 e. The Morgan fingerprint density at radius 1 is 1.43 bits per heavy atom. The van der Waals surface area contributed by atoms with Crippen molar-refractivity contribution in [3.8, 4) is 0 Å². The summed E-state index contributed by atoms with van der Waals surface area (Å²) in [7, 11) is 0. The summed E-state index contributed by atoms with van der Waals surface area (Å²) >= 11 is 1.64. The molecule has 1 N–H and O–H groups in total. The first kappa shape index (κ1) is 7.93. The lowest BCUT2D eigenvalue weighted by Crippen LogP contribution is -2.32. The average Bonchev–Trinajstić information content (AvgIpc) is 2.64. The first-order valence-corrected chi connectivity index (χ1v) is 5.24. The van der Waals surface area contributed by atoms with E-state index < -0.39 is 0 Å². The van der Waals surface area contributed by atoms with Crippen molar-refractivity contribution in [3.05, 3.63) is 21.9 Å². The lowest BCUT2D eigenvalue weighted by molar-refractivity contribution is 0.505.